The molecule has 2 aromatic rings. The molecular formula is C12H8ClIN2O4S. The normalized spacial score (nSPS) is 11.1. The third-order valence-electron chi connectivity index (χ3n) is 2.51. The van der Waals surface area contributed by atoms with Crippen molar-refractivity contribution in [1.29, 1.82) is 0 Å². The number of nitro groups is 1. The van der Waals surface area contributed by atoms with Crippen molar-refractivity contribution in [3.8, 4) is 0 Å². The Morgan fingerprint density at radius 1 is 1.19 bits per heavy atom. The van der Waals surface area contributed by atoms with E-state index in [-0.39, 0.29) is 21.3 Å². The molecule has 0 aliphatic carbocycles. The molecule has 0 bridgehead atoms. The zero-order chi connectivity index (χ0) is 15.6. The van der Waals surface area contributed by atoms with E-state index in [4.69, 9.17) is 11.6 Å². The Labute approximate surface area is 139 Å². The summed E-state index contributed by atoms with van der Waals surface area (Å²) in [6.07, 6.45) is 0. The van der Waals surface area contributed by atoms with Crippen LogP contribution >= 0.6 is 34.2 Å². The van der Waals surface area contributed by atoms with Crippen molar-refractivity contribution in [3.05, 3.63) is 61.2 Å². The Bertz CT molecular complexity index is 811. The summed E-state index contributed by atoms with van der Waals surface area (Å²) >= 11 is 8.01. The highest BCUT2D eigenvalue weighted by atomic mass is 127. The smallest absolute Gasteiger partial charge is 0.270 e. The second-order valence-electron chi connectivity index (χ2n) is 3.98. The maximum atomic E-state index is 12.2. The SMILES string of the molecule is O=[N+]([O-])c1cccc(S(=O)(=O)Nc2ccc(I)cc2Cl)c1. The minimum Gasteiger partial charge on any atom is -0.278 e. The van der Waals surface area contributed by atoms with Crippen molar-refractivity contribution in [2.75, 3.05) is 4.72 Å². The molecule has 110 valence electrons. The molecular weight excluding hydrogens is 431 g/mol. The highest BCUT2D eigenvalue weighted by molar-refractivity contribution is 14.1. The molecule has 0 saturated heterocycles. The lowest BCUT2D eigenvalue weighted by Gasteiger charge is -2.09. The monoisotopic (exact) mass is 438 g/mol. The first-order valence-electron chi connectivity index (χ1n) is 5.52. The molecule has 0 spiro atoms. The molecule has 2 rings (SSSR count). The van der Waals surface area contributed by atoms with Crippen LogP contribution in [-0.2, 0) is 10.0 Å². The summed E-state index contributed by atoms with van der Waals surface area (Å²) in [6, 6.07) is 9.61. The summed E-state index contributed by atoms with van der Waals surface area (Å²) < 4.78 is 27.6. The van der Waals surface area contributed by atoms with Crippen LogP contribution in [0.2, 0.25) is 5.02 Å². The van der Waals surface area contributed by atoms with Gasteiger partial charge in [-0.3, -0.25) is 14.8 Å². The van der Waals surface area contributed by atoms with Gasteiger partial charge in [0.05, 0.1) is 20.5 Å². The first-order valence-corrected chi connectivity index (χ1v) is 8.46. The minimum absolute atomic E-state index is 0.202. The van der Waals surface area contributed by atoms with Gasteiger partial charge in [-0.1, -0.05) is 17.7 Å². The van der Waals surface area contributed by atoms with E-state index in [1.165, 1.54) is 24.3 Å². The molecule has 0 saturated carbocycles. The van der Waals surface area contributed by atoms with Crippen molar-refractivity contribution < 1.29 is 13.3 Å². The Hall–Kier alpha value is -1.39. The average molecular weight is 439 g/mol. The van der Waals surface area contributed by atoms with Gasteiger partial charge in [-0.15, -0.1) is 0 Å². The molecule has 1 N–H and O–H groups in total. The van der Waals surface area contributed by atoms with Crippen LogP contribution in [0, 0.1) is 13.7 Å². The van der Waals surface area contributed by atoms with Crippen LogP contribution < -0.4 is 4.72 Å². The van der Waals surface area contributed by atoms with E-state index in [2.05, 4.69) is 4.72 Å². The van der Waals surface area contributed by atoms with E-state index in [9.17, 15) is 18.5 Å². The predicted octanol–water partition coefficient (Wildman–Crippen LogP) is 3.65. The van der Waals surface area contributed by atoms with Crippen LogP contribution in [0.3, 0.4) is 0 Å². The molecule has 6 nitrogen and oxygen atoms in total. The highest BCUT2D eigenvalue weighted by Gasteiger charge is 2.18. The molecule has 0 aliphatic rings. The number of nitro benzene ring substituents is 1. The van der Waals surface area contributed by atoms with Crippen LogP contribution in [0.5, 0.6) is 0 Å². The standard InChI is InChI=1S/C12H8ClIN2O4S/c13-11-6-8(14)4-5-12(11)15-21(19,20)10-3-1-2-9(7-10)16(17)18/h1-7,15H. The van der Waals surface area contributed by atoms with Crippen LogP contribution in [0.4, 0.5) is 11.4 Å². The van der Waals surface area contributed by atoms with E-state index < -0.39 is 14.9 Å². The van der Waals surface area contributed by atoms with Gasteiger partial charge in [-0.25, -0.2) is 8.42 Å². The van der Waals surface area contributed by atoms with Crippen LogP contribution in [0.25, 0.3) is 0 Å². The Kier molecular flexibility index (Phi) is 4.69. The number of hydrogen-bond donors (Lipinski definition) is 1. The van der Waals surface area contributed by atoms with Crippen molar-refractivity contribution in [1.82, 2.24) is 0 Å². The topological polar surface area (TPSA) is 89.3 Å². The molecule has 21 heavy (non-hydrogen) atoms. The van der Waals surface area contributed by atoms with Crippen molar-refractivity contribution in [3.63, 3.8) is 0 Å². The van der Waals surface area contributed by atoms with Crippen molar-refractivity contribution >= 4 is 55.6 Å². The van der Waals surface area contributed by atoms with Crippen molar-refractivity contribution in [2.24, 2.45) is 0 Å². The Morgan fingerprint density at radius 2 is 1.90 bits per heavy atom. The van der Waals surface area contributed by atoms with Gasteiger partial charge in [-0.2, -0.15) is 0 Å². The number of halogens is 2. The van der Waals surface area contributed by atoms with Crippen LogP contribution in [-0.4, -0.2) is 13.3 Å². The third-order valence-corrected chi connectivity index (χ3v) is 4.86. The zero-order valence-electron chi connectivity index (χ0n) is 10.3. The van der Waals surface area contributed by atoms with E-state index in [0.29, 0.717) is 0 Å². The lowest BCUT2D eigenvalue weighted by molar-refractivity contribution is -0.385. The quantitative estimate of drug-likeness (QED) is 0.448. The lowest BCUT2D eigenvalue weighted by atomic mass is 10.3. The summed E-state index contributed by atoms with van der Waals surface area (Å²) in [5.74, 6) is 0. The van der Waals surface area contributed by atoms with E-state index in [1.807, 2.05) is 22.6 Å². The van der Waals surface area contributed by atoms with Gasteiger partial charge >= 0.3 is 0 Å². The number of nitrogens with zero attached hydrogens (tertiary/aromatic N) is 1. The molecule has 0 aromatic heterocycles. The predicted molar refractivity (Wildman–Crippen MR) is 88.1 cm³/mol. The van der Waals surface area contributed by atoms with Gasteiger partial charge in [0, 0.05) is 15.7 Å². The molecule has 0 atom stereocenters. The number of non-ortho nitro benzene ring substituents is 1. The summed E-state index contributed by atoms with van der Waals surface area (Å²) in [4.78, 5) is 9.84. The first kappa shape index (κ1) is 16.0. The first-order chi connectivity index (χ1) is 9.79. The summed E-state index contributed by atoms with van der Waals surface area (Å²) in [5.41, 5.74) is -0.0878. The van der Waals surface area contributed by atoms with Gasteiger partial charge < -0.3 is 0 Å². The fourth-order valence-electron chi connectivity index (χ4n) is 1.54. The molecule has 0 aliphatic heterocycles. The molecule has 0 fully saturated rings. The molecule has 0 radical (unpaired) electrons. The van der Waals surface area contributed by atoms with Gasteiger partial charge in [0.25, 0.3) is 15.7 Å². The van der Waals surface area contributed by atoms with Crippen molar-refractivity contribution in [2.45, 2.75) is 4.90 Å². The second-order valence-corrected chi connectivity index (χ2v) is 7.32. The highest BCUT2D eigenvalue weighted by Crippen LogP contribution is 2.27. The molecule has 0 heterocycles. The van der Waals surface area contributed by atoms with E-state index >= 15 is 0 Å². The van der Waals surface area contributed by atoms with Crippen LogP contribution in [0.15, 0.2) is 47.4 Å². The minimum atomic E-state index is -3.95. The Morgan fingerprint density at radius 3 is 2.52 bits per heavy atom. The second kappa shape index (κ2) is 6.16. The molecule has 0 unspecified atom stereocenters. The van der Waals surface area contributed by atoms with Gasteiger partial charge in [0.1, 0.15) is 0 Å². The number of sulfonamides is 1. The summed E-state index contributed by atoms with van der Waals surface area (Å²) in [5, 5.41) is 10.9. The summed E-state index contributed by atoms with van der Waals surface area (Å²) in [6.45, 7) is 0. The fraction of sp³-hybridized carbons (Fsp3) is 0. The molecule has 9 heteroatoms. The number of nitrogens with one attached hydrogen (secondary N) is 1. The maximum Gasteiger partial charge on any atom is 0.270 e. The molecule has 0 amide bonds. The van der Waals surface area contributed by atoms with Gasteiger partial charge in [0.15, 0.2) is 0 Å². The van der Waals surface area contributed by atoms with Crippen LogP contribution in [0.1, 0.15) is 0 Å². The number of hydrogen-bond acceptors (Lipinski definition) is 4. The van der Waals surface area contributed by atoms with E-state index in [1.54, 1.807) is 12.1 Å². The largest absolute Gasteiger partial charge is 0.278 e. The number of rotatable bonds is 4. The lowest BCUT2D eigenvalue weighted by Crippen LogP contribution is -2.13. The zero-order valence-corrected chi connectivity index (χ0v) is 14.0. The van der Waals surface area contributed by atoms with Gasteiger partial charge in [-0.05, 0) is 46.9 Å². The third kappa shape index (κ3) is 3.83. The van der Waals surface area contributed by atoms with Gasteiger partial charge in [0.2, 0.25) is 0 Å². The number of anilines is 1. The maximum absolute atomic E-state index is 12.2. The average Bonchev–Trinajstić information content (AvgIpc) is 2.42. The summed E-state index contributed by atoms with van der Waals surface area (Å²) in [7, 11) is -3.95. The van der Waals surface area contributed by atoms with E-state index in [0.717, 1.165) is 9.64 Å². The fourth-order valence-corrected chi connectivity index (χ4v) is 3.62. The number of benzene rings is 2. The Balaban J connectivity index is 2.38. The molecule has 2 aromatic carbocycles.